The molecular formula is C13H15ClN4O. The Kier molecular flexibility index (Phi) is 4.06. The SMILES string of the molecule is Cc1nn(CCOc2ccc(C(=N)N)cc2)cc1Cl. The van der Waals surface area contributed by atoms with Crippen LogP contribution in [0.1, 0.15) is 11.3 Å². The minimum atomic E-state index is 0.0493. The summed E-state index contributed by atoms with van der Waals surface area (Å²) in [6.07, 6.45) is 1.78. The van der Waals surface area contributed by atoms with Gasteiger partial charge < -0.3 is 10.5 Å². The molecule has 2 aromatic rings. The number of nitrogens with zero attached hydrogens (tertiary/aromatic N) is 2. The highest BCUT2D eigenvalue weighted by Crippen LogP contribution is 2.13. The second kappa shape index (κ2) is 5.75. The van der Waals surface area contributed by atoms with E-state index in [0.717, 1.165) is 11.4 Å². The average Bonchev–Trinajstić information content (AvgIpc) is 2.69. The quantitative estimate of drug-likeness (QED) is 0.650. The minimum absolute atomic E-state index is 0.0493. The van der Waals surface area contributed by atoms with Crippen LogP contribution in [0, 0.1) is 12.3 Å². The summed E-state index contributed by atoms with van der Waals surface area (Å²) in [6.45, 7) is 2.99. The predicted octanol–water partition coefficient (Wildman–Crippen LogP) is 2.21. The van der Waals surface area contributed by atoms with Crippen LogP contribution >= 0.6 is 11.6 Å². The number of hydrogen-bond acceptors (Lipinski definition) is 3. The van der Waals surface area contributed by atoms with Crippen molar-refractivity contribution in [2.75, 3.05) is 6.61 Å². The molecule has 0 aliphatic heterocycles. The van der Waals surface area contributed by atoms with E-state index in [4.69, 9.17) is 27.5 Å². The summed E-state index contributed by atoms with van der Waals surface area (Å²) in [6, 6.07) is 7.09. The Morgan fingerprint density at radius 1 is 1.42 bits per heavy atom. The molecular weight excluding hydrogens is 264 g/mol. The van der Waals surface area contributed by atoms with Crippen LogP contribution in [0.2, 0.25) is 5.02 Å². The number of aryl methyl sites for hydroxylation is 1. The van der Waals surface area contributed by atoms with E-state index in [1.807, 2.05) is 6.92 Å². The Morgan fingerprint density at radius 3 is 2.63 bits per heavy atom. The van der Waals surface area contributed by atoms with Crippen LogP contribution in [0.15, 0.2) is 30.5 Å². The fourth-order valence-electron chi connectivity index (χ4n) is 1.60. The van der Waals surface area contributed by atoms with Gasteiger partial charge in [0.15, 0.2) is 0 Å². The highest BCUT2D eigenvalue weighted by atomic mass is 35.5. The number of nitrogens with two attached hydrogens (primary N) is 1. The number of benzene rings is 1. The third-order valence-corrected chi connectivity index (χ3v) is 3.01. The molecule has 0 aliphatic carbocycles. The monoisotopic (exact) mass is 278 g/mol. The lowest BCUT2D eigenvalue weighted by Gasteiger charge is -2.07. The maximum atomic E-state index is 7.29. The fraction of sp³-hybridized carbons (Fsp3) is 0.231. The highest BCUT2D eigenvalue weighted by Gasteiger charge is 2.02. The van der Waals surface area contributed by atoms with Crippen molar-refractivity contribution in [2.45, 2.75) is 13.5 Å². The van der Waals surface area contributed by atoms with Crippen LogP contribution in [0.25, 0.3) is 0 Å². The van der Waals surface area contributed by atoms with Crippen molar-refractivity contribution in [1.82, 2.24) is 9.78 Å². The molecule has 0 saturated carbocycles. The van der Waals surface area contributed by atoms with Gasteiger partial charge in [0.25, 0.3) is 0 Å². The van der Waals surface area contributed by atoms with Crippen LogP contribution < -0.4 is 10.5 Å². The number of aromatic nitrogens is 2. The zero-order valence-electron chi connectivity index (χ0n) is 10.6. The van der Waals surface area contributed by atoms with Gasteiger partial charge in [-0.1, -0.05) is 11.6 Å². The van der Waals surface area contributed by atoms with Gasteiger partial charge in [-0.2, -0.15) is 5.10 Å². The van der Waals surface area contributed by atoms with Crippen LogP contribution in [0.4, 0.5) is 0 Å². The molecule has 1 aromatic heterocycles. The maximum absolute atomic E-state index is 7.29. The minimum Gasteiger partial charge on any atom is -0.492 e. The molecule has 1 aromatic carbocycles. The first kappa shape index (κ1) is 13.4. The second-order valence-corrected chi connectivity index (χ2v) is 4.52. The lowest BCUT2D eigenvalue weighted by molar-refractivity contribution is 0.291. The van der Waals surface area contributed by atoms with Gasteiger partial charge in [-0.05, 0) is 31.2 Å². The van der Waals surface area contributed by atoms with Gasteiger partial charge in [-0.3, -0.25) is 10.1 Å². The Labute approximate surface area is 116 Å². The van der Waals surface area contributed by atoms with Crippen LogP contribution in [0.5, 0.6) is 5.75 Å². The number of ether oxygens (including phenoxy) is 1. The molecule has 0 amide bonds. The number of rotatable bonds is 5. The molecule has 0 bridgehead atoms. The van der Waals surface area contributed by atoms with Crippen molar-refractivity contribution < 1.29 is 4.74 Å². The fourth-order valence-corrected chi connectivity index (χ4v) is 1.75. The molecule has 5 nitrogen and oxygen atoms in total. The number of halogens is 1. The average molecular weight is 279 g/mol. The van der Waals surface area contributed by atoms with E-state index in [-0.39, 0.29) is 5.84 Å². The highest BCUT2D eigenvalue weighted by molar-refractivity contribution is 6.31. The van der Waals surface area contributed by atoms with Gasteiger partial charge in [0.2, 0.25) is 0 Å². The van der Waals surface area contributed by atoms with E-state index in [1.165, 1.54) is 0 Å². The molecule has 100 valence electrons. The van der Waals surface area contributed by atoms with Crippen molar-refractivity contribution >= 4 is 17.4 Å². The van der Waals surface area contributed by atoms with Crippen molar-refractivity contribution in [3.63, 3.8) is 0 Å². The molecule has 0 atom stereocenters. The molecule has 3 N–H and O–H groups in total. The lowest BCUT2D eigenvalue weighted by Crippen LogP contribution is -2.11. The topological polar surface area (TPSA) is 76.9 Å². The van der Waals surface area contributed by atoms with Crippen LogP contribution in [-0.4, -0.2) is 22.2 Å². The first-order chi connectivity index (χ1) is 9.06. The van der Waals surface area contributed by atoms with Gasteiger partial charge in [-0.15, -0.1) is 0 Å². The van der Waals surface area contributed by atoms with E-state index in [0.29, 0.717) is 23.7 Å². The summed E-state index contributed by atoms with van der Waals surface area (Å²) in [5, 5.41) is 12.2. The van der Waals surface area contributed by atoms with Gasteiger partial charge in [-0.25, -0.2) is 0 Å². The molecule has 19 heavy (non-hydrogen) atoms. The summed E-state index contributed by atoms with van der Waals surface area (Å²) in [5.41, 5.74) is 6.87. The van der Waals surface area contributed by atoms with Crippen LogP contribution in [0.3, 0.4) is 0 Å². The Balaban J connectivity index is 1.87. The summed E-state index contributed by atoms with van der Waals surface area (Å²) >= 11 is 5.92. The zero-order chi connectivity index (χ0) is 13.8. The van der Waals surface area contributed by atoms with E-state index in [2.05, 4.69) is 5.10 Å². The third-order valence-electron chi connectivity index (χ3n) is 2.64. The molecule has 6 heteroatoms. The maximum Gasteiger partial charge on any atom is 0.122 e. The molecule has 0 unspecified atom stereocenters. The van der Waals surface area contributed by atoms with E-state index in [9.17, 15) is 0 Å². The van der Waals surface area contributed by atoms with Crippen molar-refractivity contribution in [1.29, 1.82) is 5.41 Å². The molecule has 0 fully saturated rings. The second-order valence-electron chi connectivity index (χ2n) is 4.11. The number of nitrogens with one attached hydrogen (secondary N) is 1. The van der Waals surface area contributed by atoms with E-state index in [1.54, 1.807) is 35.1 Å². The van der Waals surface area contributed by atoms with Gasteiger partial charge in [0.1, 0.15) is 18.2 Å². The lowest BCUT2D eigenvalue weighted by atomic mass is 10.2. The summed E-state index contributed by atoms with van der Waals surface area (Å²) < 4.78 is 7.33. The third kappa shape index (κ3) is 3.48. The Hall–Kier alpha value is -2.01. The normalized spacial score (nSPS) is 10.4. The summed E-state index contributed by atoms with van der Waals surface area (Å²) in [7, 11) is 0. The van der Waals surface area contributed by atoms with Crippen molar-refractivity contribution in [2.24, 2.45) is 5.73 Å². The predicted molar refractivity (Wildman–Crippen MR) is 74.9 cm³/mol. The smallest absolute Gasteiger partial charge is 0.122 e. The molecule has 0 saturated heterocycles. The first-order valence-electron chi connectivity index (χ1n) is 5.83. The molecule has 0 aliphatic rings. The molecule has 1 heterocycles. The Bertz CT molecular complexity index is 557. The van der Waals surface area contributed by atoms with Gasteiger partial charge in [0, 0.05) is 11.8 Å². The van der Waals surface area contributed by atoms with E-state index >= 15 is 0 Å². The Morgan fingerprint density at radius 2 is 2.11 bits per heavy atom. The van der Waals surface area contributed by atoms with Gasteiger partial charge >= 0.3 is 0 Å². The molecule has 0 spiro atoms. The summed E-state index contributed by atoms with van der Waals surface area (Å²) in [5.74, 6) is 0.785. The number of amidine groups is 1. The van der Waals surface area contributed by atoms with Crippen molar-refractivity contribution in [3.8, 4) is 5.75 Å². The number of nitrogen functional groups attached to an aromatic ring is 1. The van der Waals surface area contributed by atoms with Crippen molar-refractivity contribution in [3.05, 3.63) is 46.7 Å². The summed E-state index contributed by atoms with van der Waals surface area (Å²) in [4.78, 5) is 0. The molecule has 2 rings (SSSR count). The van der Waals surface area contributed by atoms with E-state index < -0.39 is 0 Å². The van der Waals surface area contributed by atoms with Gasteiger partial charge in [0.05, 0.1) is 17.3 Å². The number of hydrogen-bond donors (Lipinski definition) is 2. The zero-order valence-corrected chi connectivity index (χ0v) is 11.3. The largest absolute Gasteiger partial charge is 0.492 e. The standard InChI is InChI=1S/C13H15ClN4O/c1-9-12(14)8-18(17-9)6-7-19-11-4-2-10(3-5-11)13(15)16/h2-5,8H,6-7H2,1H3,(H3,15,16). The molecule has 0 radical (unpaired) electrons. The van der Waals surface area contributed by atoms with Crippen LogP contribution in [-0.2, 0) is 6.54 Å². The first-order valence-corrected chi connectivity index (χ1v) is 6.21.